The van der Waals surface area contributed by atoms with Crippen LogP contribution in [0.15, 0.2) is 48.8 Å². The van der Waals surface area contributed by atoms with Crippen molar-refractivity contribution in [2.75, 3.05) is 25.0 Å². The highest BCUT2D eigenvalue weighted by molar-refractivity contribution is 7.80. The van der Waals surface area contributed by atoms with Crippen LogP contribution in [0.5, 0.6) is 0 Å². The van der Waals surface area contributed by atoms with E-state index in [0.717, 1.165) is 30.7 Å². The smallest absolute Gasteiger partial charge is 0.362 e. The predicted molar refractivity (Wildman–Crippen MR) is 124 cm³/mol. The fourth-order valence-electron chi connectivity index (χ4n) is 3.71. The molecule has 1 fully saturated rings. The number of pyridine rings is 1. The molecule has 4 rings (SSSR count). The molecule has 1 aromatic carbocycles. The van der Waals surface area contributed by atoms with Crippen molar-refractivity contribution in [2.24, 2.45) is 5.92 Å². The second-order valence-electron chi connectivity index (χ2n) is 7.88. The number of rotatable bonds is 4. The van der Waals surface area contributed by atoms with E-state index in [1.54, 1.807) is 17.0 Å². The van der Waals surface area contributed by atoms with Crippen LogP contribution in [0.4, 0.5) is 18.9 Å². The number of amides is 1. The number of hydrogen-bond acceptors (Lipinski definition) is 3. The Bertz CT molecular complexity index is 1160. The predicted octanol–water partition coefficient (Wildman–Crippen LogP) is 4.85. The average Bonchev–Trinajstić information content (AvgIpc) is 3.22. The van der Waals surface area contributed by atoms with Crippen LogP contribution in [-0.2, 0) is 6.18 Å². The van der Waals surface area contributed by atoms with Crippen LogP contribution in [0.1, 0.15) is 28.9 Å². The molecular weight excluding hydrogens is 475 g/mol. The van der Waals surface area contributed by atoms with E-state index in [9.17, 15) is 18.0 Å². The third kappa shape index (κ3) is 5.75. The van der Waals surface area contributed by atoms with E-state index in [2.05, 4.69) is 15.6 Å². The Hall–Kier alpha value is -2.85. The maximum absolute atomic E-state index is 12.9. The van der Waals surface area contributed by atoms with Crippen LogP contribution in [0.2, 0.25) is 5.02 Å². The van der Waals surface area contributed by atoms with Gasteiger partial charge >= 0.3 is 6.18 Å². The number of carbonyl (C=O) groups is 1. The molecule has 6 nitrogen and oxygen atoms in total. The van der Waals surface area contributed by atoms with Gasteiger partial charge in [0.2, 0.25) is 0 Å². The Morgan fingerprint density at radius 2 is 1.88 bits per heavy atom. The van der Waals surface area contributed by atoms with Crippen molar-refractivity contribution >= 4 is 46.2 Å². The van der Waals surface area contributed by atoms with Crippen LogP contribution < -0.4 is 10.6 Å². The number of anilines is 1. The lowest BCUT2D eigenvalue weighted by Crippen LogP contribution is -2.42. The first-order valence-electron chi connectivity index (χ1n) is 10.3. The number of benzene rings is 1. The number of nitrogens with zero attached hydrogens (tertiary/aromatic N) is 3. The summed E-state index contributed by atoms with van der Waals surface area (Å²) in [6, 6.07) is 9.13. The Labute approximate surface area is 198 Å². The summed E-state index contributed by atoms with van der Waals surface area (Å²) in [6.45, 7) is 1.77. The maximum atomic E-state index is 12.9. The van der Waals surface area contributed by atoms with Gasteiger partial charge in [-0.15, -0.1) is 0 Å². The maximum Gasteiger partial charge on any atom is 0.416 e. The van der Waals surface area contributed by atoms with Gasteiger partial charge in [-0.3, -0.25) is 4.79 Å². The van der Waals surface area contributed by atoms with E-state index in [-0.39, 0.29) is 17.2 Å². The largest absolute Gasteiger partial charge is 0.416 e. The van der Waals surface area contributed by atoms with E-state index >= 15 is 0 Å². The van der Waals surface area contributed by atoms with E-state index in [1.165, 1.54) is 16.8 Å². The fourth-order valence-corrected chi connectivity index (χ4v) is 4.04. The van der Waals surface area contributed by atoms with Gasteiger partial charge in [0.15, 0.2) is 5.11 Å². The zero-order valence-electron chi connectivity index (χ0n) is 17.4. The van der Waals surface area contributed by atoms with E-state index in [0.29, 0.717) is 35.7 Å². The summed E-state index contributed by atoms with van der Waals surface area (Å²) >= 11 is 11.2. The third-order valence-corrected chi connectivity index (χ3v) is 6.06. The van der Waals surface area contributed by atoms with E-state index < -0.39 is 11.7 Å². The van der Waals surface area contributed by atoms with Crippen LogP contribution >= 0.6 is 23.8 Å². The van der Waals surface area contributed by atoms with Gasteiger partial charge in [-0.05, 0) is 67.4 Å². The molecule has 0 spiro atoms. The van der Waals surface area contributed by atoms with Crippen molar-refractivity contribution in [3.05, 3.63) is 65.1 Å². The molecule has 0 saturated carbocycles. The van der Waals surface area contributed by atoms with Gasteiger partial charge in [0.25, 0.3) is 5.91 Å². The third-order valence-electron chi connectivity index (χ3n) is 5.56. The molecule has 3 heterocycles. The molecule has 33 heavy (non-hydrogen) atoms. The van der Waals surface area contributed by atoms with Gasteiger partial charge in [-0.25, -0.2) is 4.98 Å². The van der Waals surface area contributed by atoms with Crippen LogP contribution in [0, 0.1) is 5.92 Å². The van der Waals surface area contributed by atoms with Gasteiger partial charge in [0, 0.05) is 42.7 Å². The highest BCUT2D eigenvalue weighted by Crippen LogP contribution is 2.29. The second kappa shape index (κ2) is 9.56. The normalized spacial score (nSPS) is 15.0. The van der Waals surface area contributed by atoms with Crippen LogP contribution in [-0.4, -0.2) is 44.9 Å². The van der Waals surface area contributed by atoms with E-state index in [4.69, 9.17) is 23.8 Å². The summed E-state index contributed by atoms with van der Waals surface area (Å²) in [5.41, 5.74) is 0.275. The number of thiocarbonyl (C=S) groups is 1. The molecule has 0 aliphatic carbocycles. The molecule has 1 aliphatic heterocycles. The van der Waals surface area contributed by atoms with Crippen molar-refractivity contribution in [1.82, 2.24) is 19.6 Å². The molecule has 0 atom stereocenters. The van der Waals surface area contributed by atoms with Gasteiger partial charge in [0.05, 0.1) is 5.56 Å². The molecule has 174 valence electrons. The zero-order valence-corrected chi connectivity index (χ0v) is 19.0. The standard InChI is InChI=1S/C22H21ClF3N5OS/c23-16-1-3-17(4-2-16)28-21(33)27-12-14-5-8-30(9-6-14)20(32)18-13-31-10-7-15(22(24,25)26)11-19(31)29-18/h1-4,7,10-11,13-14H,5-6,8-9,12H2,(H2,27,28,33). The number of nitrogens with one attached hydrogen (secondary N) is 2. The number of likely N-dealkylation sites (tertiary alicyclic amines) is 1. The molecule has 11 heteroatoms. The van der Waals surface area contributed by atoms with Gasteiger partial charge in [-0.1, -0.05) is 11.6 Å². The topological polar surface area (TPSA) is 61.7 Å². The quantitative estimate of drug-likeness (QED) is 0.507. The van der Waals surface area contributed by atoms with Crippen molar-refractivity contribution in [1.29, 1.82) is 0 Å². The number of fused-ring (bicyclic) bond motifs is 1. The number of imidazole rings is 1. The lowest BCUT2D eigenvalue weighted by atomic mass is 9.96. The molecule has 3 aromatic rings. The number of halogens is 4. The molecule has 0 radical (unpaired) electrons. The van der Waals surface area contributed by atoms with Crippen LogP contribution in [0.25, 0.3) is 5.65 Å². The molecule has 2 N–H and O–H groups in total. The number of alkyl halides is 3. The molecule has 1 aliphatic rings. The fraction of sp³-hybridized carbons (Fsp3) is 0.318. The van der Waals surface area contributed by atoms with Crippen LogP contribution in [0.3, 0.4) is 0 Å². The minimum atomic E-state index is -4.46. The molecule has 0 bridgehead atoms. The van der Waals surface area contributed by atoms with E-state index in [1.807, 2.05) is 12.1 Å². The molecule has 1 amide bonds. The minimum Gasteiger partial charge on any atom is -0.362 e. The summed E-state index contributed by atoms with van der Waals surface area (Å²) in [7, 11) is 0. The molecular formula is C22H21ClF3N5OS. The van der Waals surface area contributed by atoms with Crippen molar-refractivity contribution < 1.29 is 18.0 Å². The van der Waals surface area contributed by atoms with Crippen molar-refractivity contribution in [3.63, 3.8) is 0 Å². The summed E-state index contributed by atoms with van der Waals surface area (Å²) in [4.78, 5) is 18.6. The second-order valence-corrected chi connectivity index (χ2v) is 8.73. The first-order valence-corrected chi connectivity index (χ1v) is 11.1. The summed E-state index contributed by atoms with van der Waals surface area (Å²) in [5, 5.41) is 7.46. The molecule has 0 unspecified atom stereocenters. The minimum absolute atomic E-state index is 0.0916. The number of carbonyl (C=O) groups excluding carboxylic acids is 1. The zero-order chi connectivity index (χ0) is 23.6. The summed E-state index contributed by atoms with van der Waals surface area (Å²) in [5.74, 6) is 0.0630. The Morgan fingerprint density at radius 3 is 2.55 bits per heavy atom. The van der Waals surface area contributed by atoms with Gasteiger partial charge in [-0.2, -0.15) is 13.2 Å². The summed E-state index contributed by atoms with van der Waals surface area (Å²) < 4.78 is 40.2. The summed E-state index contributed by atoms with van der Waals surface area (Å²) in [6.07, 6.45) is -0.157. The van der Waals surface area contributed by atoms with Crippen molar-refractivity contribution in [3.8, 4) is 0 Å². The Morgan fingerprint density at radius 1 is 1.18 bits per heavy atom. The number of aromatic nitrogens is 2. The Balaban J connectivity index is 1.28. The highest BCUT2D eigenvalue weighted by Gasteiger charge is 2.31. The van der Waals surface area contributed by atoms with Gasteiger partial charge in [0.1, 0.15) is 11.3 Å². The lowest BCUT2D eigenvalue weighted by molar-refractivity contribution is -0.137. The average molecular weight is 496 g/mol. The molecule has 2 aromatic heterocycles. The van der Waals surface area contributed by atoms with Crippen molar-refractivity contribution in [2.45, 2.75) is 19.0 Å². The Kier molecular flexibility index (Phi) is 6.76. The molecule has 1 saturated heterocycles. The first-order chi connectivity index (χ1) is 15.7. The first kappa shape index (κ1) is 23.3. The monoisotopic (exact) mass is 495 g/mol. The van der Waals surface area contributed by atoms with Gasteiger partial charge < -0.3 is 19.9 Å². The SMILES string of the molecule is O=C(c1cn2ccc(C(F)(F)F)cc2n1)N1CCC(CNC(=S)Nc2ccc(Cl)cc2)CC1. The number of hydrogen-bond donors (Lipinski definition) is 2. The highest BCUT2D eigenvalue weighted by atomic mass is 35.5. The lowest BCUT2D eigenvalue weighted by Gasteiger charge is -2.31. The number of piperidine rings is 1.